The summed E-state index contributed by atoms with van der Waals surface area (Å²) in [5.74, 6) is -0.956. The lowest BCUT2D eigenvalue weighted by molar-refractivity contribution is -0.164. The minimum absolute atomic E-state index is 0.0274. The lowest BCUT2D eigenvalue weighted by Gasteiger charge is -2.32. The average Bonchev–Trinajstić information content (AvgIpc) is 2.96. The summed E-state index contributed by atoms with van der Waals surface area (Å²) in [6.07, 6.45) is 1.94. The van der Waals surface area contributed by atoms with E-state index < -0.39 is 18.0 Å². The maximum absolute atomic E-state index is 11.8. The normalized spacial score (nSPS) is 40.4. The zero-order valence-corrected chi connectivity index (χ0v) is 11.3. The van der Waals surface area contributed by atoms with Crippen molar-refractivity contribution in [2.75, 3.05) is 6.54 Å². The monoisotopic (exact) mass is 279 g/mol. The number of ether oxygens (including phenoxy) is 2. The molecule has 0 aromatic carbocycles. The van der Waals surface area contributed by atoms with Crippen LogP contribution >= 0.6 is 0 Å². The van der Waals surface area contributed by atoms with Crippen molar-refractivity contribution in [3.05, 3.63) is 12.7 Å². The first-order chi connectivity index (χ1) is 9.44. The van der Waals surface area contributed by atoms with Crippen LogP contribution in [0.2, 0.25) is 0 Å². The first kappa shape index (κ1) is 13.1. The molecule has 1 saturated heterocycles. The molecule has 6 heteroatoms. The number of hydrogen-bond acceptors (Lipinski definition) is 5. The maximum Gasteiger partial charge on any atom is 0.325 e. The minimum Gasteiger partial charge on any atom is -0.458 e. The summed E-state index contributed by atoms with van der Waals surface area (Å²) in [4.78, 5) is 34.5. The van der Waals surface area contributed by atoms with Gasteiger partial charge in [0.25, 0.3) is 0 Å². The van der Waals surface area contributed by atoms with E-state index in [1.54, 1.807) is 0 Å². The third-order valence-corrected chi connectivity index (χ3v) is 4.72. The summed E-state index contributed by atoms with van der Waals surface area (Å²) in [6, 6.07) is 0. The molecule has 3 aliphatic rings. The zero-order chi connectivity index (χ0) is 14.5. The quantitative estimate of drug-likeness (QED) is 0.586. The fourth-order valence-corrected chi connectivity index (χ4v) is 3.87. The molecule has 0 aromatic rings. The van der Waals surface area contributed by atoms with Gasteiger partial charge in [-0.2, -0.15) is 0 Å². The molecule has 3 fully saturated rings. The van der Waals surface area contributed by atoms with E-state index in [9.17, 15) is 14.4 Å². The average molecular weight is 279 g/mol. The van der Waals surface area contributed by atoms with Gasteiger partial charge >= 0.3 is 11.9 Å². The highest BCUT2D eigenvalue weighted by atomic mass is 16.6. The molecule has 2 saturated carbocycles. The number of esters is 2. The van der Waals surface area contributed by atoms with Crippen molar-refractivity contribution in [2.24, 2.45) is 17.3 Å². The van der Waals surface area contributed by atoms with Crippen LogP contribution in [-0.2, 0) is 23.9 Å². The van der Waals surface area contributed by atoms with Crippen molar-refractivity contribution in [1.82, 2.24) is 5.32 Å². The van der Waals surface area contributed by atoms with Gasteiger partial charge < -0.3 is 14.8 Å². The second-order valence-corrected chi connectivity index (χ2v) is 6.07. The molecule has 5 atom stereocenters. The van der Waals surface area contributed by atoms with Gasteiger partial charge in [-0.05, 0) is 18.9 Å². The second-order valence-electron chi connectivity index (χ2n) is 6.07. The number of fused-ring (bicyclic) bond motifs is 1. The molecular formula is C14H17NO5. The predicted octanol–water partition coefficient (Wildman–Crippen LogP) is 0.172. The zero-order valence-electron chi connectivity index (χ0n) is 11.3. The Morgan fingerprint density at radius 1 is 1.55 bits per heavy atom. The van der Waals surface area contributed by atoms with E-state index in [2.05, 4.69) is 11.9 Å². The lowest BCUT2D eigenvalue weighted by atomic mass is 9.79. The summed E-state index contributed by atoms with van der Waals surface area (Å²) < 4.78 is 10.8. The Morgan fingerprint density at radius 2 is 2.30 bits per heavy atom. The summed E-state index contributed by atoms with van der Waals surface area (Å²) >= 11 is 0. The standard InChI is InChI=1S/C14H17NO5/c1-3-9(16)15-6-10(17)19-12-11-7-4-14(12,2)5-8(7)13(18)20-11/h3,7-8,11-12H,1,4-6H2,2H3,(H,15,16). The van der Waals surface area contributed by atoms with Crippen molar-refractivity contribution in [3.63, 3.8) is 0 Å². The number of rotatable bonds is 4. The van der Waals surface area contributed by atoms with Crippen LogP contribution in [0.4, 0.5) is 0 Å². The highest BCUT2D eigenvalue weighted by Gasteiger charge is 2.68. The molecule has 6 nitrogen and oxygen atoms in total. The number of carbonyl (C=O) groups excluding carboxylic acids is 3. The molecule has 2 aliphatic carbocycles. The summed E-state index contributed by atoms with van der Waals surface area (Å²) in [6.45, 7) is 5.13. The van der Waals surface area contributed by atoms with Crippen LogP contribution in [0.5, 0.6) is 0 Å². The van der Waals surface area contributed by atoms with Crippen LogP contribution in [0.15, 0.2) is 12.7 Å². The van der Waals surface area contributed by atoms with E-state index in [1.165, 1.54) is 0 Å². The fraction of sp³-hybridized carbons (Fsp3) is 0.643. The van der Waals surface area contributed by atoms with Gasteiger partial charge in [-0.3, -0.25) is 14.4 Å². The van der Waals surface area contributed by atoms with E-state index in [1.807, 2.05) is 6.92 Å². The first-order valence-corrected chi connectivity index (χ1v) is 6.75. The third kappa shape index (κ3) is 1.82. The number of nitrogens with one attached hydrogen (secondary N) is 1. The molecule has 5 unspecified atom stereocenters. The Balaban J connectivity index is 1.64. The van der Waals surface area contributed by atoms with Crippen molar-refractivity contribution in [1.29, 1.82) is 0 Å². The highest BCUT2D eigenvalue weighted by Crippen LogP contribution is 2.62. The van der Waals surface area contributed by atoms with Crippen LogP contribution in [0.1, 0.15) is 19.8 Å². The Hall–Kier alpha value is -1.85. The molecule has 1 aliphatic heterocycles. The van der Waals surface area contributed by atoms with E-state index in [0.717, 1.165) is 12.5 Å². The van der Waals surface area contributed by atoms with Crippen molar-refractivity contribution in [3.8, 4) is 0 Å². The van der Waals surface area contributed by atoms with Crippen LogP contribution in [0, 0.1) is 17.3 Å². The van der Waals surface area contributed by atoms with Gasteiger partial charge in [0.1, 0.15) is 18.8 Å². The molecule has 20 heavy (non-hydrogen) atoms. The van der Waals surface area contributed by atoms with E-state index in [4.69, 9.17) is 9.47 Å². The van der Waals surface area contributed by atoms with E-state index in [0.29, 0.717) is 6.42 Å². The lowest BCUT2D eigenvalue weighted by Crippen LogP contribution is -2.43. The summed E-state index contributed by atoms with van der Waals surface area (Å²) in [5.41, 5.74) is -0.190. The SMILES string of the molecule is C=CC(=O)NCC(=O)OC1C2OC(=O)C3CC1(C)CC32. The predicted molar refractivity (Wildman–Crippen MR) is 67.3 cm³/mol. The smallest absolute Gasteiger partial charge is 0.325 e. The molecule has 3 rings (SSSR count). The van der Waals surface area contributed by atoms with Gasteiger partial charge in [0.2, 0.25) is 5.91 Å². The molecule has 0 spiro atoms. The summed E-state index contributed by atoms with van der Waals surface area (Å²) in [7, 11) is 0. The maximum atomic E-state index is 11.8. The number of carbonyl (C=O) groups is 3. The van der Waals surface area contributed by atoms with Crippen molar-refractivity contribution >= 4 is 17.8 Å². The summed E-state index contributed by atoms with van der Waals surface area (Å²) in [5, 5.41) is 2.38. The van der Waals surface area contributed by atoms with Crippen LogP contribution in [0.3, 0.4) is 0 Å². The highest BCUT2D eigenvalue weighted by molar-refractivity contribution is 5.89. The molecule has 0 radical (unpaired) electrons. The molecule has 2 bridgehead atoms. The van der Waals surface area contributed by atoms with Crippen LogP contribution in [-0.4, -0.2) is 36.6 Å². The van der Waals surface area contributed by atoms with Gasteiger partial charge in [-0.25, -0.2) is 0 Å². The van der Waals surface area contributed by atoms with Gasteiger partial charge in [-0.15, -0.1) is 0 Å². The molecular weight excluding hydrogens is 262 g/mol. The van der Waals surface area contributed by atoms with Crippen LogP contribution < -0.4 is 5.32 Å². The van der Waals surface area contributed by atoms with Gasteiger partial charge in [0, 0.05) is 11.3 Å². The fourth-order valence-electron chi connectivity index (χ4n) is 3.87. The number of hydrogen-bond donors (Lipinski definition) is 1. The van der Waals surface area contributed by atoms with Crippen molar-refractivity contribution < 1.29 is 23.9 Å². The van der Waals surface area contributed by atoms with Crippen LogP contribution in [0.25, 0.3) is 0 Å². The third-order valence-electron chi connectivity index (χ3n) is 4.72. The van der Waals surface area contributed by atoms with E-state index >= 15 is 0 Å². The van der Waals surface area contributed by atoms with Gasteiger partial charge in [0.05, 0.1) is 5.92 Å². The van der Waals surface area contributed by atoms with Gasteiger partial charge in [-0.1, -0.05) is 13.5 Å². The minimum atomic E-state index is -0.515. The van der Waals surface area contributed by atoms with E-state index in [-0.39, 0.29) is 35.9 Å². The molecule has 1 heterocycles. The molecule has 1 amide bonds. The Labute approximate surface area is 116 Å². The Bertz CT molecular complexity index is 502. The Morgan fingerprint density at radius 3 is 3.00 bits per heavy atom. The molecule has 108 valence electrons. The Kier molecular flexibility index (Phi) is 2.84. The van der Waals surface area contributed by atoms with Crippen molar-refractivity contribution in [2.45, 2.75) is 32.0 Å². The second kappa shape index (κ2) is 4.33. The molecule has 1 N–H and O–H groups in total. The van der Waals surface area contributed by atoms with Gasteiger partial charge in [0.15, 0.2) is 0 Å². The largest absolute Gasteiger partial charge is 0.458 e. The topological polar surface area (TPSA) is 81.7 Å². The number of amides is 1. The molecule has 0 aromatic heterocycles. The first-order valence-electron chi connectivity index (χ1n) is 6.75.